The van der Waals surface area contributed by atoms with Crippen molar-refractivity contribution in [2.24, 2.45) is 4.99 Å². The first kappa shape index (κ1) is 21.9. The molecular formula is C24H15ClN2O6. The summed E-state index contributed by atoms with van der Waals surface area (Å²) in [6, 6.07) is 17.4. The van der Waals surface area contributed by atoms with E-state index in [1.165, 1.54) is 12.1 Å². The van der Waals surface area contributed by atoms with Crippen molar-refractivity contribution >= 4 is 41.2 Å². The van der Waals surface area contributed by atoms with Crippen LogP contribution in [0.2, 0.25) is 5.02 Å². The summed E-state index contributed by atoms with van der Waals surface area (Å²) >= 11 is 6.01. The molecular weight excluding hydrogens is 448 g/mol. The third kappa shape index (κ3) is 4.81. The molecule has 0 radical (unpaired) electrons. The molecule has 4 rings (SSSR count). The zero-order valence-corrected chi connectivity index (χ0v) is 17.9. The largest absolute Gasteiger partial charge is 0.423 e. The number of nitro groups is 1. The van der Waals surface area contributed by atoms with Gasteiger partial charge in [0, 0.05) is 17.2 Å². The van der Waals surface area contributed by atoms with Gasteiger partial charge in [-0.3, -0.25) is 10.1 Å². The molecule has 0 aliphatic carbocycles. The minimum atomic E-state index is -0.678. The lowest BCUT2D eigenvalue weighted by Crippen LogP contribution is -2.08. The van der Waals surface area contributed by atoms with E-state index in [0.29, 0.717) is 22.4 Å². The number of nitro benzene ring substituents is 1. The number of aliphatic imine (C=N–C) groups is 1. The van der Waals surface area contributed by atoms with Gasteiger partial charge in [-0.25, -0.2) is 14.6 Å². The van der Waals surface area contributed by atoms with Crippen LogP contribution in [0.4, 0.5) is 5.69 Å². The fourth-order valence-electron chi connectivity index (χ4n) is 3.05. The lowest BCUT2D eigenvalue weighted by Gasteiger charge is -2.06. The molecule has 0 aromatic heterocycles. The van der Waals surface area contributed by atoms with Crippen LogP contribution in [-0.2, 0) is 9.53 Å². The van der Waals surface area contributed by atoms with Crippen LogP contribution in [-0.4, -0.2) is 22.8 Å². The van der Waals surface area contributed by atoms with Crippen LogP contribution < -0.4 is 4.74 Å². The van der Waals surface area contributed by atoms with Crippen molar-refractivity contribution in [1.29, 1.82) is 0 Å². The summed E-state index contributed by atoms with van der Waals surface area (Å²) in [5.74, 6) is -0.984. The van der Waals surface area contributed by atoms with Gasteiger partial charge in [0.2, 0.25) is 5.90 Å². The number of aryl methyl sites for hydroxylation is 1. The van der Waals surface area contributed by atoms with Crippen LogP contribution in [0.1, 0.15) is 27.0 Å². The molecule has 0 unspecified atom stereocenters. The van der Waals surface area contributed by atoms with Crippen LogP contribution >= 0.6 is 11.6 Å². The molecule has 8 nitrogen and oxygen atoms in total. The number of ether oxygens (including phenoxy) is 2. The van der Waals surface area contributed by atoms with E-state index < -0.39 is 16.9 Å². The first-order chi connectivity index (χ1) is 15.8. The molecule has 33 heavy (non-hydrogen) atoms. The van der Waals surface area contributed by atoms with E-state index in [9.17, 15) is 19.7 Å². The normalized spacial score (nSPS) is 14.1. The molecule has 1 aliphatic heterocycles. The van der Waals surface area contributed by atoms with E-state index in [-0.39, 0.29) is 27.9 Å². The molecule has 1 aliphatic rings. The quantitative estimate of drug-likeness (QED) is 0.171. The van der Waals surface area contributed by atoms with Crippen molar-refractivity contribution in [1.82, 2.24) is 0 Å². The second kappa shape index (κ2) is 9.05. The highest BCUT2D eigenvalue weighted by Crippen LogP contribution is 2.25. The number of carbonyl (C=O) groups is 2. The third-order valence-electron chi connectivity index (χ3n) is 4.76. The minimum Gasteiger partial charge on any atom is -0.423 e. The van der Waals surface area contributed by atoms with Crippen molar-refractivity contribution in [3.63, 3.8) is 0 Å². The number of hydrogen-bond donors (Lipinski definition) is 0. The zero-order chi connectivity index (χ0) is 23.5. The summed E-state index contributed by atoms with van der Waals surface area (Å²) in [5.41, 5.74) is 1.61. The van der Waals surface area contributed by atoms with Gasteiger partial charge in [-0.1, -0.05) is 41.9 Å². The van der Waals surface area contributed by atoms with Gasteiger partial charge in [-0.05, 0) is 48.9 Å². The number of hydrogen-bond acceptors (Lipinski definition) is 7. The monoisotopic (exact) mass is 462 g/mol. The summed E-state index contributed by atoms with van der Waals surface area (Å²) in [5, 5.41) is 11.4. The topological polar surface area (TPSA) is 108 Å². The van der Waals surface area contributed by atoms with E-state index in [4.69, 9.17) is 21.1 Å². The molecule has 3 aromatic carbocycles. The van der Waals surface area contributed by atoms with Crippen molar-refractivity contribution in [2.45, 2.75) is 6.92 Å². The number of nitrogens with zero attached hydrogens (tertiary/aromatic N) is 2. The number of cyclic esters (lactones) is 1. The van der Waals surface area contributed by atoms with Crippen LogP contribution in [0.3, 0.4) is 0 Å². The summed E-state index contributed by atoms with van der Waals surface area (Å²) in [6.07, 6.45) is 1.50. The predicted molar refractivity (Wildman–Crippen MR) is 121 cm³/mol. The highest BCUT2D eigenvalue weighted by molar-refractivity contribution is 6.33. The van der Waals surface area contributed by atoms with Gasteiger partial charge in [0.25, 0.3) is 5.69 Å². The Morgan fingerprint density at radius 1 is 1.12 bits per heavy atom. The smallest absolute Gasteiger partial charge is 0.363 e. The van der Waals surface area contributed by atoms with E-state index in [2.05, 4.69) is 4.99 Å². The van der Waals surface area contributed by atoms with Gasteiger partial charge in [0.1, 0.15) is 5.75 Å². The molecule has 9 heteroatoms. The highest BCUT2D eigenvalue weighted by Gasteiger charge is 2.26. The average molecular weight is 463 g/mol. The first-order valence-corrected chi connectivity index (χ1v) is 10.0. The summed E-state index contributed by atoms with van der Waals surface area (Å²) in [7, 11) is 0. The van der Waals surface area contributed by atoms with Gasteiger partial charge < -0.3 is 9.47 Å². The molecule has 0 bridgehead atoms. The Kier molecular flexibility index (Phi) is 6.01. The fraction of sp³-hybridized carbons (Fsp3) is 0.0417. The Labute approximate surface area is 192 Å². The Morgan fingerprint density at radius 2 is 1.85 bits per heavy atom. The predicted octanol–water partition coefficient (Wildman–Crippen LogP) is 5.12. The molecule has 3 aromatic rings. The van der Waals surface area contributed by atoms with Crippen molar-refractivity contribution < 1.29 is 24.0 Å². The number of esters is 2. The Morgan fingerprint density at radius 3 is 2.55 bits per heavy atom. The van der Waals surface area contributed by atoms with Gasteiger partial charge >= 0.3 is 11.9 Å². The summed E-state index contributed by atoms with van der Waals surface area (Å²) in [4.78, 5) is 39.3. The fourth-order valence-corrected chi connectivity index (χ4v) is 3.26. The first-order valence-electron chi connectivity index (χ1n) is 9.66. The lowest BCUT2D eigenvalue weighted by atomic mass is 10.1. The van der Waals surface area contributed by atoms with E-state index >= 15 is 0 Å². The van der Waals surface area contributed by atoms with Gasteiger partial charge in [-0.15, -0.1) is 0 Å². The van der Waals surface area contributed by atoms with Crippen molar-refractivity contribution in [3.8, 4) is 5.75 Å². The van der Waals surface area contributed by atoms with Gasteiger partial charge in [0.15, 0.2) is 5.70 Å². The summed E-state index contributed by atoms with van der Waals surface area (Å²) in [6.45, 7) is 1.62. The molecule has 0 atom stereocenters. The maximum absolute atomic E-state index is 12.3. The minimum absolute atomic E-state index is 0.0142. The molecule has 0 N–H and O–H groups in total. The van der Waals surface area contributed by atoms with Crippen LogP contribution in [0.25, 0.3) is 6.08 Å². The van der Waals surface area contributed by atoms with Crippen molar-refractivity contribution in [3.05, 3.63) is 110 Å². The molecule has 0 spiro atoms. The van der Waals surface area contributed by atoms with E-state index in [0.717, 1.165) is 0 Å². The third-order valence-corrected chi connectivity index (χ3v) is 5.09. The molecule has 1 heterocycles. The van der Waals surface area contributed by atoms with Crippen LogP contribution in [0.15, 0.2) is 77.4 Å². The maximum atomic E-state index is 12.3. The maximum Gasteiger partial charge on any atom is 0.363 e. The zero-order valence-electron chi connectivity index (χ0n) is 17.2. The van der Waals surface area contributed by atoms with Crippen LogP contribution in [0, 0.1) is 17.0 Å². The molecule has 0 fully saturated rings. The van der Waals surface area contributed by atoms with Gasteiger partial charge in [0.05, 0.1) is 15.5 Å². The van der Waals surface area contributed by atoms with Gasteiger partial charge in [-0.2, -0.15) is 0 Å². The number of carbonyl (C=O) groups excluding carboxylic acids is 2. The highest BCUT2D eigenvalue weighted by atomic mass is 35.5. The summed E-state index contributed by atoms with van der Waals surface area (Å²) < 4.78 is 10.5. The van der Waals surface area contributed by atoms with Crippen LogP contribution in [0.5, 0.6) is 5.75 Å². The molecule has 0 saturated carbocycles. The Hall–Kier alpha value is -4.30. The number of halogens is 1. The van der Waals surface area contributed by atoms with Crippen molar-refractivity contribution in [2.75, 3.05) is 0 Å². The number of benzene rings is 3. The molecule has 0 amide bonds. The second-order valence-corrected chi connectivity index (χ2v) is 7.44. The molecule has 0 saturated heterocycles. The Bertz CT molecular complexity index is 1350. The number of rotatable bonds is 5. The van der Waals surface area contributed by atoms with E-state index in [1.54, 1.807) is 67.6 Å². The van der Waals surface area contributed by atoms with E-state index in [1.807, 2.05) is 0 Å². The second-order valence-electron chi connectivity index (χ2n) is 7.03. The molecule has 164 valence electrons. The Balaban J connectivity index is 1.52. The SMILES string of the molecule is Cc1ccc(C2=N/C(=C\c3ccc(OC(=O)c4ccccc4Cl)cc3)C(=O)O2)cc1[N+](=O)[O-]. The standard InChI is InChI=1S/C24H15ClN2O6/c1-14-6-9-16(13-21(14)27(30)31)22-26-20(24(29)33-22)12-15-7-10-17(11-8-15)32-23(28)18-4-2-3-5-19(18)25/h2-13H,1H3/b20-12-. The average Bonchev–Trinajstić information content (AvgIpc) is 3.15. The lowest BCUT2D eigenvalue weighted by molar-refractivity contribution is -0.385.